The third kappa shape index (κ3) is 7.41. The van der Waals surface area contributed by atoms with E-state index in [9.17, 15) is 9.18 Å². The van der Waals surface area contributed by atoms with Crippen molar-refractivity contribution in [1.29, 1.82) is 0 Å². The smallest absolute Gasteiger partial charge is 0.220 e. The van der Waals surface area contributed by atoms with E-state index in [1.165, 1.54) is 25.0 Å². The fraction of sp³-hybridized carbons (Fsp3) is 0.438. The molecule has 1 unspecified atom stereocenters. The van der Waals surface area contributed by atoms with Gasteiger partial charge >= 0.3 is 0 Å². The normalized spacial score (nSPS) is 18.5. The Morgan fingerprint density at radius 2 is 1.79 bits per heavy atom. The van der Waals surface area contributed by atoms with Crippen LogP contribution in [0.15, 0.2) is 84.0 Å². The number of likely N-dealkylation sites (tertiary alicyclic amines) is 1. The zero-order chi connectivity index (χ0) is 27.1. The van der Waals surface area contributed by atoms with Crippen molar-refractivity contribution in [1.82, 2.24) is 10.2 Å². The molecular weight excluding hydrogens is 475 g/mol. The van der Waals surface area contributed by atoms with Crippen LogP contribution in [0.5, 0.6) is 0 Å². The second-order valence-corrected chi connectivity index (χ2v) is 11.0. The molecule has 6 heteroatoms. The summed E-state index contributed by atoms with van der Waals surface area (Å²) in [5, 5.41) is 3.29. The second-order valence-electron chi connectivity index (χ2n) is 11.0. The first-order chi connectivity index (χ1) is 18.2. The van der Waals surface area contributed by atoms with Crippen LogP contribution in [0.3, 0.4) is 0 Å². The topological polar surface area (TPSA) is 70.7 Å². The molecule has 0 radical (unpaired) electrons. The number of benzene rings is 2. The van der Waals surface area contributed by atoms with Crippen LogP contribution in [-0.2, 0) is 11.2 Å². The molecule has 0 bridgehead atoms. The summed E-state index contributed by atoms with van der Waals surface area (Å²) in [6.45, 7) is 13.1. The predicted octanol–water partition coefficient (Wildman–Crippen LogP) is 5.95. The van der Waals surface area contributed by atoms with E-state index in [1.807, 2.05) is 25.1 Å². The van der Waals surface area contributed by atoms with Gasteiger partial charge in [-0.25, -0.2) is 9.38 Å². The number of carbonyl (C=O) groups excluding carboxylic acids is 1. The molecule has 2 aromatic carbocycles. The molecule has 2 aliphatic rings. The maximum Gasteiger partial charge on any atom is 0.220 e. The summed E-state index contributed by atoms with van der Waals surface area (Å²) in [5.74, 6) is 1.03. The number of allylic oxidation sites excluding steroid dienone is 1. The summed E-state index contributed by atoms with van der Waals surface area (Å²) in [6.07, 6.45) is 6.04. The fourth-order valence-corrected chi connectivity index (χ4v) is 5.37. The predicted molar refractivity (Wildman–Crippen MR) is 153 cm³/mol. The summed E-state index contributed by atoms with van der Waals surface area (Å²) < 4.78 is 13.2. The van der Waals surface area contributed by atoms with E-state index in [4.69, 9.17) is 10.7 Å². The maximum atomic E-state index is 13.2. The molecule has 202 valence electrons. The van der Waals surface area contributed by atoms with Crippen LogP contribution in [0.4, 0.5) is 4.39 Å². The third-order valence-corrected chi connectivity index (χ3v) is 8.06. The maximum absolute atomic E-state index is 13.2. The Balaban J connectivity index is 1.35. The molecular formula is C32H41FN4O. The lowest BCUT2D eigenvalue weighted by Gasteiger charge is -2.42. The third-order valence-electron chi connectivity index (χ3n) is 8.06. The van der Waals surface area contributed by atoms with Crippen LogP contribution >= 0.6 is 0 Å². The number of aliphatic imine (C=N–C) groups is 1. The first-order valence-corrected chi connectivity index (χ1v) is 13.7. The van der Waals surface area contributed by atoms with Crippen LogP contribution in [0.1, 0.15) is 62.6 Å². The van der Waals surface area contributed by atoms with Crippen molar-refractivity contribution in [2.24, 2.45) is 22.1 Å². The number of hydrogen-bond donors (Lipinski definition) is 2. The Hall–Kier alpha value is -3.25. The lowest BCUT2D eigenvalue weighted by Crippen LogP contribution is -2.48. The van der Waals surface area contributed by atoms with E-state index in [0.29, 0.717) is 30.3 Å². The monoisotopic (exact) mass is 516 g/mol. The molecule has 1 saturated heterocycles. The molecule has 1 aliphatic heterocycles. The Morgan fingerprint density at radius 1 is 1.13 bits per heavy atom. The van der Waals surface area contributed by atoms with E-state index in [0.717, 1.165) is 55.6 Å². The van der Waals surface area contributed by atoms with Gasteiger partial charge in [0.2, 0.25) is 5.91 Å². The number of rotatable bonds is 12. The molecule has 2 fully saturated rings. The van der Waals surface area contributed by atoms with Gasteiger partial charge in [0.1, 0.15) is 11.7 Å². The van der Waals surface area contributed by atoms with E-state index < -0.39 is 0 Å². The minimum Gasteiger partial charge on any atom is -0.386 e. The van der Waals surface area contributed by atoms with E-state index >= 15 is 0 Å². The fourth-order valence-electron chi connectivity index (χ4n) is 5.37. The number of amides is 1. The van der Waals surface area contributed by atoms with Gasteiger partial charge in [-0.2, -0.15) is 0 Å². The Kier molecular flexibility index (Phi) is 9.16. The zero-order valence-electron chi connectivity index (χ0n) is 22.6. The van der Waals surface area contributed by atoms with E-state index in [-0.39, 0.29) is 23.2 Å². The molecule has 3 N–H and O–H groups in total. The molecule has 2 aromatic rings. The molecule has 1 saturated carbocycles. The van der Waals surface area contributed by atoms with Crippen LogP contribution in [0.2, 0.25) is 0 Å². The van der Waals surface area contributed by atoms with Gasteiger partial charge < -0.3 is 16.0 Å². The van der Waals surface area contributed by atoms with Gasteiger partial charge in [-0.1, -0.05) is 61.2 Å². The standard InChI is InChI=1S/C32H41FN4O/c1-23(2)32(31(34)35-24(3)21-25-11-13-28(33)14-12-25)16-19-37(20-17-32)18-15-29(27-7-5-4-6-8-27)36-30(38)22-26-9-10-26/h4-8,11-14,26,29H,1,3,9-10,15-22H2,2H3,(H2,34,35)(H,36,38). The minimum atomic E-state index is -0.362. The highest BCUT2D eigenvalue weighted by Gasteiger charge is 2.39. The molecule has 1 amide bonds. The second kappa shape index (κ2) is 12.5. The SMILES string of the molecule is C=C(Cc1ccc(F)cc1)N=C(N)C1(C(=C)C)CCN(CCC(NC(=O)CC2CC2)c2ccccc2)CC1. The number of amidine groups is 1. The number of hydrogen-bond acceptors (Lipinski definition) is 3. The Bertz CT molecular complexity index is 1150. The molecule has 38 heavy (non-hydrogen) atoms. The van der Waals surface area contributed by atoms with Crippen LogP contribution in [0.25, 0.3) is 0 Å². The van der Waals surface area contributed by atoms with Gasteiger partial charge in [0.15, 0.2) is 0 Å². The Morgan fingerprint density at radius 3 is 2.39 bits per heavy atom. The van der Waals surface area contributed by atoms with Crippen molar-refractivity contribution in [2.75, 3.05) is 19.6 Å². The van der Waals surface area contributed by atoms with Gasteiger partial charge in [0.05, 0.1) is 11.5 Å². The number of nitrogens with zero attached hydrogens (tertiary/aromatic N) is 2. The molecule has 0 aromatic heterocycles. The Labute approximate surface area is 226 Å². The average Bonchev–Trinajstić information content (AvgIpc) is 3.72. The largest absolute Gasteiger partial charge is 0.386 e. The van der Waals surface area contributed by atoms with Crippen molar-refractivity contribution in [3.8, 4) is 0 Å². The summed E-state index contributed by atoms with van der Waals surface area (Å²) in [7, 11) is 0. The number of carbonyl (C=O) groups is 1. The molecule has 1 atom stereocenters. The van der Waals surface area contributed by atoms with Crippen molar-refractivity contribution in [3.63, 3.8) is 0 Å². The summed E-state index contributed by atoms with van der Waals surface area (Å²) in [6, 6.07) is 16.7. The van der Waals surface area contributed by atoms with Crippen molar-refractivity contribution in [3.05, 3.63) is 96.0 Å². The molecule has 0 spiro atoms. The van der Waals surface area contributed by atoms with E-state index in [2.05, 4.69) is 35.5 Å². The number of nitrogens with one attached hydrogen (secondary N) is 1. The molecule has 4 rings (SSSR count). The van der Waals surface area contributed by atoms with Crippen LogP contribution in [-0.4, -0.2) is 36.3 Å². The average molecular weight is 517 g/mol. The molecule has 5 nitrogen and oxygen atoms in total. The minimum absolute atomic E-state index is 0.0108. The van der Waals surface area contributed by atoms with Gasteiger partial charge in [0.25, 0.3) is 0 Å². The summed E-state index contributed by atoms with van der Waals surface area (Å²) >= 11 is 0. The van der Waals surface area contributed by atoms with Gasteiger partial charge in [0, 0.05) is 25.1 Å². The lowest BCUT2D eigenvalue weighted by atomic mass is 9.72. The molecule has 1 heterocycles. The van der Waals surface area contributed by atoms with Crippen LogP contribution in [0, 0.1) is 17.2 Å². The van der Waals surface area contributed by atoms with Crippen molar-refractivity contribution >= 4 is 11.7 Å². The highest BCUT2D eigenvalue weighted by molar-refractivity contribution is 5.90. The van der Waals surface area contributed by atoms with Gasteiger partial charge in [-0.15, -0.1) is 0 Å². The first kappa shape index (κ1) is 27.8. The van der Waals surface area contributed by atoms with E-state index in [1.54, 1.807) is 12.1 Å². The highest BCUT2D eigenvalue weighted by Crippen LogP contribution is 2.39. The number of piperidine rings is 1. The number of halogens is 1. The highest BCUT2D eigenvalue weighted by atomic mass is 19.1. The lowest BCUT2D eigenvalue weighted by molar-refractivity contribution is -0.122. The van der Waals surface area contributed by atoms with Crippen molar-refractivity contribution in [2.45, 2.75) is 57.9 Å². The number of nitrogens with two attached hydrogens (primary N) is 1. The first-order valence-electron chi connectivity index (χ1n) is 13.7. The summed E-state index contributed by atoms with van der Waals surface area (Å²) in [4.78, 5) is 19.7. The van der Waals surface area contributed by atoms with Gasteiger partial charge in [-0.3, -0.25) is 4.79 Å². The van der Waals surface area contributed by atoms with Crippen molar-refractivity contribution < 1.29 is 9.18 Å². The van der Waals surface area contributed by atoms with Gasteiger partial charge in [-0.05, 0) is 81.3 Å². The summed E-state index contributed by atoms with van der Waals surface area (Å²) in [5.41, 5.74) is 10.0. The zero-order valence-corrected chi connectivity index (χ0v) is 22.6. The van der Waals surface area contributed by atoms with Crippen LogP contribution < -0.4 is 11.1 Å². The molecule has 1 aliphatic carbocycles. The quantitative estimate of drug-likeness (QED) is 0.208.